The van der Waals surface area contributed by atoms with E-state index in [0.29, 0.717) is 0 Å². The van der Waals surface area contributed by atoms with E-state index in [4.69, 9.17) is 4.74 Å². The maximum absolute atomic E-state index is 5.42. The highest BCUT2D eigenvalue weighted by Gasteiger charge is 2.35. The monoisotopic (exact) mass is 355 g/mol. The van der Waals surface area contributed by atoms with Crippen LogP contribution < -0.4 is 4.74 Å². The Labute approximate surface area is 138 Å². The average Bonchev–Trinajstić information content (AvgIpc) is 2.86. The van der Waals surface area contributed by atoms with E-state index in [2.05, 4.69) is 71.2 Å². The minimum Gasteiger partial charge on any atom is -0.497 e. The molecule has 22 heavy (non-hydrogen) atoms. The molecule has 0 unspecified atom stereocenters. The van der Waals surface area contributed by atoms with Crippen molar-refractivity contribution >= 4 is 26.8 Å². The lowest BCUT2D eigenvalue weighted by Crippen LogP contribution is -2.27. The summed E-state index contributed by atoms with van der Waals surface area (Å²) in [4.78, 5) is 3.65. The van der Waals surface area contributed by atoms with Crippen LogP contribution in [-0.4, -0.2) is 12.1 Å². The summed E-state index contributed by atoms with van der Waals surface area (Å²) in [6.45, 7) is 4.57. The first kappa shape index (κ1) is 13.9. The topological polar surface area (TPSA) is 25.0 Å². The molecule has 0 saturated carbocycles. The van der Waals surface area contributed by atoms with Crippen molar-refractivity contribution in [1.29, 1.82) is 0 Å². The number of benzene rings is 2. The number of hydrogen-bond acceptors (Lipinski definition) is 1. The lowest BCUT2D eigenvalue weighted by molar-refractivity contribution is 0.412. The van der Waals surface area contributed by atoms with E-state index in [1.807, 2.05) is 0 Å². The summed E-state index contributed by atoms with van der Waals surface area (Å²) in [5.74, 6) is 0.925. The second-order valence-corrected chi connectivity index (χ2v) is 7.41. The highest BCUT2D eigenvalue weighted by molar-refractivity contribution is 9.10. The third-order valence-electron chi connectivity index (χ3n) is 4.85. The van der Waals surface area contributed by atoms with Crippen LogP contribution in [0.1, 0.15) is 36.2 Å². The summed E-state index contributed by atoms with van der Waals surface area (Å²) in [6.07, 6.45) is 0.972. The van der Waals surface area contributed by atoms with Crippen molar-refractivity contribution in [2.45, 2.75) is 25.7 Å². The van der Waals surface area contributed by atoms with Crippen LogP contribution in [0.3, 0.4) is 0 Å². The standard InChI is InChI=1S/C19H18BrNO/c1-19(2)16-10-13(22-3)6-4-11(16)8-15-14-7-5-12(20)9-17(14)21-18(15)19/h4-7,9-10,21H,8H2,1-3H3. The van der Waals surface area contributed by atoms with Gasteiger partial charge in [-0.05, 0) is 41.0 Å². The Morgan fingerprint density at radius 1 is 1.14 bits per heavy atom. The second kappa shape index (κ2) is 4.63. The van der Waals surface area contributed by atoms with Crippen LogP contribution in [0.2, 0.25) is 0 Å². The maximum atomic E-state index is 5.42. The van der Waals surface area contributed by atoms with E-state index >= 15 is 0 Å². The van der Waals surface area contributed by atoms with E-state index in [1.165, 1.54) is 33.3 Å². The lowest BCUT2D eigenvalue weighted by Gasteiger charge is -2.33. The van der Waals surface area contributed by atoms with Crippen LogP contribution in [0.25, 0.3) is 10.9 Å². The van der Waals surface area contributed by atoms with Crippen molar-refractivity contribution in [3.8, 4) is 5.75 Å². The molecular formula is C19H18BrNO. The van der Waals surface area contributed by atoms with Gasteiger partial charge in [0.1, 0.15) is 5.75 Å². The minimum atomic E-state index is -0.0526. The summed E-state index contributed by atoms with van der Waals surface area (Å²) in [5.41, 5.74) is 6.63. The fourth-order valence-corrected chi connectivity index (χ4v) is 4.05. The summed E-state index contributed by atoms with van der Waals surface area (Å²) in [6, 6.07) is 12.9. The Kier molecular flexibility index (Phi) is 2.92. The van der Waals surface area contributed by atoms with Crippen LogP contribution in [-0.2, 0) is 11.8 Å². The third-order valence-corrected chi connectivity index (χ3v) is 5.34. The predicted molar refractivity (Wildman–Crippen MR) is 93.9 cm³/mol. The molecule has 0 fully saturated rings. The smallest absolute Gasteiger partial charge is 0.119 e. The number of aromatic nitrogens is 1. The molecule has 3 heteroatoms. The fraction of sp³-hybridized carbons (Fsp3) is 0.263. The van der Waals surface area contributed by atoms with Gasteiger partial charge in [-0.15, -0.1) is 0 Å². The molecule has 4 rings (SSSR count). The molecule has 2 nitrogen and oxygen atoms in total. The van der Waals surface area contributed by atoms with Crippen molar-refractivity contribution in [2.75, 3.05) is 7.11 Å². The zero-order chi connectivity index (χ0) is 15.5. The molecule has 0 bridgehead atoms. The van der Waals surface area contributed by atoms with Gasteiger partial charge < -0.3 is 9.72 Å². The molecule has 3 aromatic rings. The zero-order valence-corrected chi connectivity index (χ0v) is 14.5. The summed E-state index contributed by atoms with van der Waals surface area (Å²) in [5, 5.41) is 1.33. The Morgan fingerprint density at radius 3 is 2.73 bits per heavy atom. The van der Waals surface area contributed by atoms with Gasteiger partial charge in [0.15, 0.2) is 0 Å². The Bertz CT molecular complexity index is 892. The molecule has 112 valence electrons. The van der Waals surface area contributed by atoms with Gasteiger partial charge in [-0.3, -0.25) is 0 Å². The Balaban J connectivity index is 1.99. The first-order valence-corrected chi connectivity index (χ1v) is 8.28. The molecule has 0 atom stereocenters. The zero-order valence-electron chi connectivity index (χ0n) is 13.0. The first-order valence-electron chi connectivity index (χ1n) is 7.48. The number of hydrogen-bond donors (Lipinski definition) is 1. The SMILES string of the molecule is COc1ccc2c(c1)C(C)(C)c1[nH]c3cc(Br)ccc3c1C2. The number of ether oxygens (including phenoxy) is 1. The molecule has 1 aliphatic carbocycles. The van der Waals surface area contributed by atoms with Crippen LogP contribution in [0.15, 0.2) is 40.9 Å². The molecule has 0 amide bonds. The number of aromatic amines is 1. The van der Waals surface area contributed by atoms with Crippen molar-refractivity contribution in [2.24, 2.45) is 0 Å². The number of nitrogens with one attached hydrogen (secondary N) is 1. The van der Waals surface area contributed by atoms with Gasteiger partial charge >= 0.3 is 0 Å². The van der Waals surface area contributed by atoms with Gasteiger partial charge in [0.2, 0.25) is 0 Å². The van der Waals surface area contributed by atoms with Crippen LogP contribution in [0.5, 0.6) is 5.75 Å². The lowest BCUT2D eigenvalue weighted by atomic mass is 9.72. The minimum absolute atomic E-state index is 0.0526. The predicted octanol–water partition coefficient (Wildman–Crippen LogP) is 5.17. The van der Waals surface area contributed by atoms with Crippen molar-refractivity contribution < 1.29 is 4.74 Å². The van der Waals surface area contributed by atoms with E-state index in [9.17, 15) is 0 Å². The largest absolute Gasteiger partial charge is 0.497 e. The van der Waals surface area contributed by atoms with E-state index in [0.717, 1.165) is 16.6 Å². The average molecular weight is 356 g/mol. The van der Waals surface area contributed by atoms with Gasteiger partial charge in [0, 0.05) is 32.9 Å². The van der Waals surface area contributed by atoms with E-state index in [-0.39, 0.29) is 5.41 Å². The van der Waals surface area contributed by atoms with Gasteiger partial charge in [0.05, 0.1) is 7.11 Å². The van der Waals surface area contributed by atoms with E-state index < -0.39 is 0 Å². The summed E-state index contributed by atoms with van der Waals surface area (Å²) in [7, 11) is 1.73. The van der Waals surface area contributed by atoms with Crippen LogP contribution in [0, 0.1) is 0 Å². The Morgan fingerprint density at radius 2 is 1.95 bits per heavy atom. The van der Waals surface area contributed by atoms with Crippen molar-refractivity contribution in [3.05, 3.63) is 63.3 Å². The number of fused-ring (bicyclic) bond motifs is 4. The molecule has 0 saturated heterocycles. The van der Waals surface area contributed by atoms with Gasteiger partial charge in [-0.25, -0.2) is 0 Å². The summed E-state index contributed by atoms with van der Waals surface area (Å²) >= 11 is 3.56. The maximum Gasteiger partial charge on any atom is 0.119 e. The normalized spacial score (nSPS) is 15.5. The molecular weight excluding hydrogens is 338 g/mol. The molecule has 1 aromatic heterocycles. The molecule has 1 aliphatic rings. The molecule has 0 spiro atoms. The third kappa shape index (κ3) is 1.85. The second-order valence-electron chi connectivity index (χ2n) is 6.49. The highest BCUT2D eigenvalue weighted by atomic mass is 79.9. The van der Waals surface area contributed by atoms with Crippen LogP contribution in [0.4, 0.5) is 0 Å². The number of halogens is 1. The molecule has 1 heterocycles. The number of rotatable bonds is 1. The van der Waals surface area contributed by atoms with Crippen LogP contribution >= 0.6 is 15.9 Å². The van der Waals surface area contributed by atoms with Gasteiger partial charge in [-0.1, -0.05) is 41.9 Å². The number of methoxy groups -OCH3 is 1. The van der Waals surface area contributed by atoms with Crippen molar-refractivity contribution in [1.82, 2.24) is 4.98 Å². The molecule has 2 aromatic carbocycles. The molecule has 1 N–H and O–H groups in total. The number of H-pyrrole nitrogens is 1. The van der Waals surface area contributed by atoms with Crippen molar-refractivity contribution in [3.63, 3.8) is 0 Å². The quantitative estimate of drug-likeness (QED) is 0.639. The summed E-state index contributed by atoms with van der Waals surface area (Å²) < 4.78 is 6.53. The first-order chi connectivity index (χ1) is 10.5. The fourth-order valence-electron chi connectivity index (χ4n) is 3.69. The molecule has 0 aliphatic heterocycles. The van der Waals surface area contributed by atoms with E-state index in [1.54, 1.807) is 7.11 Å². The van der Waals surface area contributed by atoms with Gasteiger partial charge in [-0.2, -0.15) is 0 Å². The van der Waals surface area contributed by atoms with Gasteiger partial charge in [0.25, 0.3) is 0 Å². The highest BCUT2D eigenvalue weighted by Crippen LogP contribution is 2.44. The molecule has 0 radical (unpaired) electrons. The Hall–Kier alpha value is -1.74.